The second kappa shape index (κ2) is 5.26. The van der Waals surface area contributed by atoms with Crippen LogP contribution < -0.4 is 26.4 Å². The maximum absolute atomic E-state index is 11.2. The largest absolute Gasteiger partial charge is 0.448 e. The van der Waals surface area contributed by atoms with E-state index in [-0.39, 0.29) is 5.96 Å². The summed E-state index contributed by atoms with van der Waals surface area (Å²) < 4.78 is 5.47. The molecule has 1 unspecified atom stereocenters. The first-order valence-corrected chi connectivity index (χ1v) is 5.59. The zero-order chi connectivity index (χ0) is 13.0. The van der Waals surface area contributed by atoms with Crippen molar-refractivity contribution >= 4 is 17.7 Å². The van der Waals surface area contributed by atoms with Gasteiger partial charge in [0.15, 0.2) is 0 Å². The van der Waals surface area contributed by atoms with Crippen LogP contribution in [0.4, 0.5) is 10.5 Å². The van der Waals surface area contributed by atoms with Crippen molar-refractivity contribution in [3.63, 3.8) is 0 Å². The number of carbonyl (C=O) groups is 1. The molecule has 0 spiro atoms. The maximum Gasteiger partial charge on any atom is 0.321 e. The van der Waals surface area contributed by atoms with Crippen molar-refractivity contribution in [2.75, 3.05) is 11.9 Å². The number of guanidine groups is 1. The molecular formula is C11H15N5O2. The van der Waals surface area contributed by atoms with E-state index in [1.165, 1.54) is 0 Å². The Hall–Kier alpha value is -2.44. The third-order valence-electron chi connectivity index (χ3n) is 2.24. The minimum absolute atomic E-state index is 0.00810. The number of rotatable bonds is 2. The predicted molar refractivity (Wildman–Crippen MR) is 68.3 cm³/mol. The summed E-state index contributed by atoms with van der Waals surface area (Å²) in [5.74, 6) is 0.698. The van der Waals surface area contributed by atoms with Crippen LogP contribution in [0.25, 0.3) is 0 Å². The first-order chi connectivity index (χ1) is 8.69. The van der Waals surface area contributed by atoms with Crippen LogP contribution >= 0.6 is 0 Å². The van der Waals surface area contributed by atoms with Crippen molar-refractivity contribution in [1.82, 2.24) is 10.6 Å². The maximum atomic E-state index is 11.2. The average Bonchev–Trinajstić information content (AvgIpc) is 2.70. The Kier molecular flexibility index (Phi) is 3.52. The molecule has 96 valence electrons. The normalized spacial score (nSPS) is 17.4. The second-order valence-electron chi connectivity index (χ2n) is 3.61. The molecule has 0 fully saturated rings. The van der Waals surface area contributed by atoms with Gasteiger partial charge >= 0.3 is 6.03 Å². The Bertz CT molecular complexity index is 449. The van der Waals surface area contributed by atoms with E-state index in [0.717, 1.165) is 5.69 Å². The minimum atomic E-state index is -0.621. The van der Waals surface area contributed by atoms with Crippen LogP contribution in [0.2, 0.25) is 0 Å². The van der Waals surface area contributed by atoms with Crippen molar-refractivity contribution in [3.8, 4) is 5.75 Å². The first kappa shape index (κ1) is 12.0. The summed E-state index contributed by atoms with van der Waals surface area (Å²) in [6.45, 7) is 2.33. The number of hydrogen-bond acceptors (Lipinski definition) is 4. The van der Waals surface area contributed by atoms with E-state index < -0.39 is 12.4 Å². The highest BCUT2D eigenvalue weighted by molar-refractivity contribution is 5.95. The summed E-state index contributed by atoms with van der Waals surface area (Å²) in [6, 6.07) is 7.05. The average molecular weight is 249 g/mol. The number of hydrogen-bond donors (Lipinski definition) is 4. The molecule has 7 heteroatoms. The Morgan fingerprint density at radius 3 is 3.06 bits per heavy atom. The van der Waals surface area contributed by atoms with Gasteiger partial charge in [0, 0.05) is 6.54 Å². The summed E-state index contributed by atoms with van der Waals surface area (Å²) in [5.41, 5.74) is 6.42. The van der Waals surface area contributed by atoms with E-state index in [9.17, 15) is 4.79 Å². The second-order valence-corrected chi connectivity index (χ2v) is 3.61. The highest BCUT2D eigenvalue weighted by Crippen LogP contribution is 2.31. The number of aliphatic imine (C=N–C) groups is 1. The van der Waals surface area contributed by atoms with Gasteiger partial charge in [0.2, 0.25) is 5.96 Å². The molecule has 0 radical (unpaired) electrons. The molecular weight excluding hydrogens is 234 g/mol. The van der Waals surface area contributed by atoms with Gasteiger partial charge in [-0.25, -0.2) is 4.79 Å². The molecule has 0 aliphatic carbocycles. The fraction of sp³-hybridized carbons (Fsp3) is 0.273. The van der Waals surface area contributed by atoms with Gasteiger partial charge in [-0.3, -0.25) is 5.32 Å². The monoisotopic (exact) mass is 249 g/mol. The molecule has 1 heterocycles. The van der Waals surface area contributed by atoms with Crippen molar-refractivity contribution in [1.29, 1.82) is 0 Å². The van der Waals surface area contributed by atoms with Crippen LogP contribution in [0.5, 0.6) is 5.75 Å². The van der Waals surface area contributed by atoms with E-state index in [2.05, 4.69) is 20.9 Å². The van der Waals surface area contributed by atoms with Crippen LogP contribution in [0.3, 0.4) is 0 Å². The fourth-order valence-electron chi connectivity index (χ4n) is 1.51. The zero-order valence-electron chi connectivity index (χ0n) is 9.93. The molecule has 1 aliphatic rings. The third kappa shape index (κ3) is 2.82. The van der Waals surface area contributed by atoms with Crippen molar-refractivity contribution < 1.29 is 9.53 Å². The molecule has 0 aromatic heterocycles. The molecule has 2 rings (SSSR count). The molecule has 7 nitrogen and oxygen atoms in total. The number of nitrogens with zero attached hydrogens (tertiary/aromatic N) is 1. The van der Waals surface area contributed by atoms with E-state index in [0.29, 0.717) is 12.3 Å². The molecule has 0 saturated carbocycles. The van der Waals surface area contributed by atoms with E-state index in [4.69, 9.17) is 10.5 Å². The standard InChI is InChI=1S/C11H15N5O2/c1-2-13-10(17)15-9(12)16-11-14-7-5-3-4-6-8(7)18-11/h3-6,11,14H,2H2,1H3,(H4,12,13,15,16,17). The van der Waals surface area contributed by atoms with Crippen LogP contribution in [0.1, 0.15) is 6.92 Å². The van der Waals surface area contributed by atoms with Crippen molar-refractivity contribution in [3.05, 3.63) is 24.3 Å². The molecule has 1 aromatic rings. The summed E-state index contributed by atoms with van der Waals surface area (Å²) in [6.07, 6.45) is -0.621. The van der Waals surface area contributed by atoms with Gasteiger partial charge in [0.25, 0.3) is 6.35 Å². The minimum Gasteiger partial charge on any atom is -0.448 e. The molecule has 18 heavy (non-hydrogen) atoms. The Balaban J connectivity index is 1.93. The molecule has 0 saturated heterocycles. The van der Waals surface area contributed by atoms with E-state index in [1.807, 2.05) is 31.2 Å². The summed E-state index contributed by atoms with van der Waals surface area (Å²) >= 11 is 0. The highest BCUT2D eigenvalue weighted by atomic mass is 16.5. The van der Waals surface area contributed by atoms with Gasteiger partial charge in [-0.15, -0.1) is 0 Å². The van der Waals surface area contributed by atoms with Crippen molar-refractivity contribution in [2.45, 2.75) is 13.3 Å². The number of amides is 2. The number of nitrogens with two attached hydrogens (primary N) is 1. The van der Waals surface area contributed by atoms with E-state index in [1.54, 1.807) is 0 Å². The molecule has 0 bridgehead atoms. The first-order valence-electron chi connectivity index (χ1n) is 5.59. The summed E-state index contributed by atoms with van der Waals surface area (Å²) in [7, 11) is 0. The number of urea groups is 1. The number of nitrogens with one attached hydrogen (secondary N) is 3. The predicted octanol–water partition coefficient (Wildman–Crippen LogP) is 0.408. The topological polar surface area (TPSA) is 101 Å². The number of anilines is 1. The third-order valence-corrected chi connectivity index (χ3v) is 2.24. The Morgan fingerprint density at radius 1 is 1.56 bits per heavy atom. The molecule has 2 amide bonds. The summed E-state index contributed by atoms with van der Waals surface area (Å²) in [4.78, 5) is 15.2. The lowest BCUT2D eigenvalue weighted by Gasteiger charge is -2.08. The van der Waals surface area contributed by atoms with Gasteiger partial charge in [-0.2, -0.15) is 4.99 Å². The number of para-hydroxylation sites is 2. The molecule has 1 atom stereocenters. The SMILES string of the molecule is CCNC(=O)N/C(N)=N/C1Nc2ccccc2O1. The van der Waals surface area contributed by atoms with Crippen LogP contribution in [-0.4, -0.2) is 24.9 Å². The van der Waals surface area contributed by atoms with Crippen molar-refractivity contribution in [2.24, 2.45) is 10.7 Å². The quantitative estimate of drug-likeness (QED) is 0.450. The fourth-order valence-corrected chi connectivity index (χ4v) is 1.51. The summed E-state index contributed by atoms with van der Waals surface area (Å²) in [5, 5.41) is 7.95. The number of ether oxygens (including phenoxy) is 1. The molecule has 5 N–H and O–H groups in total. The van der Waals surface area contributed by atoms with E-state index >= 15 is 0 Å². The van der Waals surface area contributed by atoms with Crippen LogP contribution in [0.15, 0.2) is 29.3 Å². The highest BCUT2D eigenvalue weighted by Gasteiger charge is 2.20. The number of carbonyl (C=O) groups excluding carboxylic acids is 1. The molecule has 1 aromatic carbocycles. The van der Waals surface area contributed by atoms with Gasteiger partial charge < -0.3 is 21.1 Å². The van der Waals surface area contributed by atoms with Gasteiger partial charge in [-0.1, -0.05) is 12.1 Å². The molecule has 1 aliphatic heterocycles. The number of benzene rings is 1. The van der Waals surface area contributed by atoms with Gasteiger partial charge in [0.1, 0.15) is 5.75 Å². The lowest BCUT2D eigenvalue weighted by molar-refractivity contribution is 0.245. The lowest BCUT2D eigenvalue weighted by atomic mass is 10.3. The van der Waals surface area contributed by atoms with Crippen LogP contribution in [-0.2, 0) is 0 Å². The zero-order valence-corrected chi connectivity index (χ0v) is 9.93. The van der Waals surface area contributed by atoms with Gasteiger partial charge in [-0.05, 0) is 19.1 Å². The Labute approximate surface area is 104 Å². The Morgan fingerprint density at radius 2 is 2.33 bits per heavy atom. The van der Waals surface area contributed by atoms with Crippen LogP contribution in [0, 0.1) is 0 Å². The number of fused-ring (bicyclic) bond motifs is 1. The smallest absolute Gasteiger partial charge is 0.321 e. The lowest BCUT2D eigenvalue weighted by Crippen LogP contribution is -2.44. The van der Waals surface area contributed by atoms with Gasteiger partial charge in [0.05, 0.1) is 5.69 Å².